The molecule has 1 aromatic rings. The lowest BCUT2D eigenvalue weighted by atomic mass is 10.5. The van der Waals surface area contributed by atoms with E-state index in [4.69, 9.17) is 23.2 Å². The van der Waals surface area contributed by atoms with Crippen molar-refractivity contribution in [3.8, 4) is 0 Å². The normalized spacial score (nSPS) is 11.4. The van der Waals surface area contributed by atoms with Crippen LogP contribution in [0.1, 0.15) is 0 Å². The van der Waals surface area contributed by atoms with Crippen molar-refractivity contribution in [3.63, 3.8) is 0 Å². The highest BCUT2D eigenvalue weighted by atomic mass is 35.5. The number of carbonyl (C=O) groups excluding carboxylic acids is 1. The molecule has 5 nitrogen and oxygen atoms in total. The van der Waals surface area contributed by atoms with Crippen LogP contribution in [0.15, 0.2) is 11.1 Å². The molecule has 18 heavy (non-hydrogen) atoms. The smallest absolute Gasteiger partial charge is 0.345 e. The van der Waals surface area contributed by atoms with Crippen LogP contribution in [0.4, 0.5) is 13.2 Å². The monoisotopic (exact) mass is 303 g/mol. The summed E-state index contributed by atoms with van der Waals surface area (Å²) in [4.78, 5) is 26.1. The van der Waals surface area contributed by atoms with Gasteiger partial charge in [-0.2, -0.15) is 13.2 Å². The van der Waals surface area contributed by atoms with Crippen LogP contribution >= 0.6 is 23.2 Å². The van der Waals surface area contributed by atoms with Crippen LogP contribution in [-0.2, 0) is 11.3 Å². The summed E-state index contributed by atoms with van der Waals surface area (Å²) in [7, 11) is 0. The molecule has 0 spiro atoms. The first-order chi connectivity index (χ1) is 8.20. The van der Waals surface area contributed by atoms with Gasteiger partial charge in [-0.3, -0.25) is 14.2 Å². The van der Waals surface area contributed by atoms with E-state index in [0.29, 0.717) is 0 Å². The van der Waals surface area contributed by atoms with Crippen molar-refractivity contribution >= 4 is 29.1 Å². The minimum atomic E-state index is -4.52. The Hall–Kier alpha value is -1.28. The molecule has 0 radical (unpaired) electrons. The van der Waals surface area contributed by atoms with E-state index in [1.165, 1.54) is 0 Å². The molecule has 0 saturated carbocycles. The lowest BCUT2D eigenvalue weighted by Gasteiger charge is -2.09. The summed E-state index contributed by atoms with van der Waals surface area (Å²) in [5.41, 5.74) is -0.807. The molecule has 0 aliphatic carbocycles. The average Bonchev–Trinajstić information content (AvgIpc) is 2.26. The molecule has 0 aliphatic heterocycles. The Morgan fingerprint density at radius 1 is 1.44 bits per heavy atom. The molecule has 0 fully saturated rings. The first-order valence-electron chi connectivity index (χ1n) is 4.44. The van der Waals surface area contributed by atoms with E-state index in [1.807, 2.05) is 0 Å². The lowest BCUT2D eigenvalue weighted by molar-refractivity contribution is -0.138. The van der Waals surface area contributed by atoms with Gasteiger partial charge >= 0.3 is 6.18 Å². The van der Waals surface area contributed by atoms with Crippen LogP contribution in [0, 0.1) is 0 Å². The minimum Gasteiger partial charge on any atom is -0.345 e. The average molecular weight is 304 g/mol. The first-order valence-corrected chi connectivity index (χ1v) is 5.20. The number of hydrogen-bond donors (Lipinski definition) is 1. The zero-order valence-corrected chi connectivity index (χ0v) is 10.1. The number of amides is 1. The van der Waals surface area contributed by atoms with E-state index < -0.39 is 35.8 Å². The van der Waals surface area contributed by atoms with E-state index in [2.05, 4.69) is 4.98 Å². The standard InChI is InChI=1S/C8H6Cl2F3N3O2/c9-5-6(10)15-3-16(7(5)18)1-4(17)14-2-8(11,12)13/h3H,1-2H2,(H,14,17). The summed E-state index contributed by atoms with van der Waals surface area (Å²) < 4.78 is 36.2. The van der Waals surface area contributed by atoms with Crippen LogP contribution in [0.5, 0.6) is 0 Å². The second-order valence-corrected chi connectivity index (χ2v) is 3.91. The third-order valence-electron chi connectivity index (χ3n) is 1.74. The molecule has 1 aromatic heterocycles. The van der Waals surface area contributed by atoms with E-state index in [9.17, 15) is 22.8 Å². The van der Waals surface area contributed by atoms with Gasteiger partial charge in [0, 0.05) is 0 Å². The predicted molar refractivity (Wildman–Crippen MR) is 57.6 cm³/mol. The summed E-state index contributed by atoms with van der Waals surface area (Å²) in [6.45, 7) is -2.10. The SMILES string of the molecule is O=C(Cn1cnc(Cl)c(Cl)c1=O)NCC(F)(F)F. The number of aromatic nitrogens is 2. The van der Waals surface area contributed by atoms with Crippen molar-refractivity contribution in [2.24, 2.45) is 0 Å². The van der Waals surface area contributed by atoms with Crippen LogP contribution < -0.4 is 10.9 Å². The number of hydrogen-bond acceptors (Lipinski definition) is 3. The number of rotatable bonds is 3. The Balaban J connectivity index is 2.72. The van der Waals surface area contributed by atoms with Crippen LogP contribution in [-0.4, -0.2) is 28.2 Å². The third-order valence-corrected chi connectivity index (χ3v) is 2.46. The number of nitrogens with zero attached hydrogens (tertiary/aromatic N) is 2. The van der Waals surface area contributed by atoms with Gasteiger partial charge in [0.1, 0.15) is 18.1 Å². The molecule has 1 N–H and O–H groups in total. The van der Waals surface area contributed by atoms with Gasteiger partial charge in [-0.1, -0.05) is 23.2 Å². The molecule has 0 unspecified atom stereocenters. The Labute approximate surface area is 109 Å². The summed E-state index contributed by atoms with van der Waals surface area (Å²) in [5.74, 6) is -0.991. The van der Waals surface area contributed by atoms with Gasteiger partial charge in [-0.15, -0.1) is 0 Å². The van der Waals surface area contributed by atoms with Gasteiger partial charge in [0.25, 0.3) is 5.56 Å². The maximum Gasteiger partial charge on any atom is 0.405 e. The summed E-state index contributed by atoms with van der Waals surface area (Å²) in [5, 5.41) is 0.963. The van der Waals surface area contributed by atoms with Crippen molar-refractivity contribution in [3.05, 3.63) is 26.9 Å². The topological polar surface area (TPSA) is 64.0 Å². The quantitative estimate of drug-likeness (QED) is 0.854. The Morgan fingerprint density at radius 2 is 2.06 bits per heavy atom. The van der Waals surface area contributed by atoms with Gasteiger partial charge in [0.15, 0.2) is 5.15 Å². The molecule has 1 rings (SSSR count). The Kier molecular flexibility index (Phi) is 4.58. The molecule has 1 heterocycles. The number of nitrogens with one attached hydrogen (secondary N) is 1. The molecule has 1 amide bonds. The second kappa shape index (κ2) is 5.57. The zero-order valence-electron chi connectivity index (χ0n) is 8.59. The van der Waals surface area contributed by atoms with Crippen LogP contribution in [0.25, 0.3) is 0 Å². The maximum absolute atomic E-state index is 11.8. The van der Waals surface area contributed by atoms with Crippen molar-refractivity contribution < 1.29 is 18.0 Å². The second-order valence-electron chi connectivity index (χ2n) is 3.17. The van der Waals surface area contributed by atoms with Gasteiger partial charge < -0.3 is 5.32 Å². The number of carbonyl (C=O) groups is 1. The molecular weight excluding hydrogens is 298 g/mol. The van der Waals surface area contributed by atoms with Crippen molar-refractivity contribution in [1.29, 1.82) is 0 Å². The van der Waals surface area contributed by atoms with E-state index in [-0.39, 0.29) is 5.15 Å². The summed E-state index contributed by atoms with van der Waals surface area (Å²) in [6, 6.07) is 0. The number of halogens is 5. The van der Waals surface area contributed by atoms with Gasteiger partial charge in [0.2, 0.25) is 5.91 Å². The largest absolute Gasteiger partial charge is 0.405 e. The fourth-order valence-electron chi connectivity index (χ4n) is 0.966. The fourth-order valence-corrected chi connectivity index (χ4v) is 1.25. The van der Waals surface area contributed by atoms with E-state index >= 15 is 0 Å². The maximum atomic E-state index is 11.8. The fraction of sp³-hybridized carbons (Fsp3) is 0.375. The zero-order chi connectivity index (χ0) is 13.9. The van der Waals surface area contributed by atoms with Gasteiger partial charge in [0.05, 0.1) is 6.33 Å². The summed E-state index contributed by atoms with van der Waals surface area (Å²) in [6.07, 6.45) is -3.60. The molecule has 0 aromatic carbocycles. The van der Waals surface area contributed by atoms with Crippen molar-refractivity contribution in [2.45, 2.75) is 12.7 Å². The molecular formula is C8H6Cl2F3N3O2. The molecule has 0 atom stereocenters. The van der Waals surface area contributed by atoms with Gasteiger partial charge in [-0.25, -0.2) is 4.98 Å². The minimum absolute atomic E-state index is 0.242. The molecule has 0 bridgehead atoms. The van der Waals surface area contributed by atoms with E-state index in [0.717, 1.165) is 10.9 Å². The van der Waals surface area contributed by atoms with Crippen molar-refractivity contribution in [2.75, 3.05) is 6.54 Å². The van der Waals surface area contributed by atoms with Crippen molar-refractivity contribution in [1.82, 2.24) is 14.9 Å². The molecule has 0 saturated heterocycles. The van der Waals surface area contributed by atoms with Crippen LogP contribution in [0.2, 0.25) is 10.2 Å². The third kappa shape index (κ3) is 4.19. The lowest BCUT2D eigenvalue weighted by Crippen LogP contribution is -2.37. The van der Waals surface area contributed by atoms with Gasteiger partial charge in [-0.05, 0) is 0 Å². The molecule has 0 aliphatic rings. The van der Waals surface area contributed by atoms with Crippen LogP contribution in [0.3, 0.4) is 0 Å². The Bertz CT molecular complexity index is 515. The molecule has 10 heteroatoms. The summed E-state index contributed by atoms with van der Waals surface area (Å²) >= 11 is 10.9. The highest BCUT2D eigenvalue weighted by molar-refractivity contribution is 6.40. The Morgan fingerprint density at radius 3 is 2.61 bits per heavy atom. The highest BCUT2D eigenvalue weighted by Crippen LogP contribution is 2.13. The first kappa shape index (κ1) is 14.8. The predicted octanol–water partition coefficient (Wildman–Crippen LogP) is 1.23. The number of alkyl halides is 3. The molecule has 100 valence electrons. The highest BCUT2D eigenvalue weighted by Gasteiger charge is 2.27. The van der Waals surface area contributed by atoms with E-state index in [1.54, 1.807) is 5.32 Å².